The van der Waals surface area contributed by atoms with E-state index in [1.807, 2.05) is 7.11 Å². The van der Waals surface area contributed by atoms with Gasteiger partial charge < -0.3 is 4.74 Å². The lowest BCUT2D eigenvalue weighted by Gasteiger charge is -2.56. The first kappa shape index (κ1) is 15.9. The molecule has 4 aliphatic rings. The Labute approximate surface area is 141 Å². The second-order valence-electron chi connectivity index (χ2n) is 9.25. The third-order valence-corrected chi connectivity index (χ3v) is 8.52. The van der Waals surface area contributed by atoms with Crippen LogP contribution in [0.4, 0.5) is 0 Å². The van der Waals surface area contributed by atoms with Crippen LogP contribution in [0.1, 0.15) is 72.1 Å². The molecule has 4 aliphatic carbocycles. The maximum atomic E-state index is 11.9. The van der Waals surface area contributed by atoms with Gasteiger partial charge >= 0.3 is 0 Å². The number of ketones is 1. The molecule has 0 heterocycles. The molecule has 0 radical (unpaired) electrons. The molecule has 2 nitrogen and oxygen atoms in total. The van der Waals surface area contributed by atoms with Crippen LogP contribution in [0, 0.1) is 29.1 Å². The zero-order valence-corrected chi connectivity index (χ0v) is 15.3. The lowest BCUT2D eigenvalue weighted by atomic mass is 9.50. The Hall–Kier alpha value is -0.630. The Morgan fingerprint density at radius 2 is 1.91 bits per heavy atom. The first-order valence-corrected chi connectivity index (χ1v) is 9.67. The molecule has 0 amide bonds. The minimum atomic E-state index is 0.0551. The fourth-order valence-electron chi connectivity index (χ4n) is 7.02. The van der Waals surface area contributed by atoms with Crippen LogP contribution >= 0.6 is 0 Å². The fourth-order valence-corrected chi connectivity index (χ4v) is 7.02. The van der Waals surface area contributed by atoms with Crippen LogP contribution in [0.2, 0.25) is 0 Å². The van der Waals surface area contributed by atoms with Gasteiger partial charge in [0.25, 0.3) is 0 Å². The van der Waals surface area contributed by atoms with Gasteiger partial charge in [-0.2, -0.15) is 0 Å². The summed E-state index contributed by atoms with van der Waals surface area (Å²) in [6.07, 6.45) is 8.95. The summed E-state index contributed by atoms with van der Waals surface area (Å²) in [5.74, 6) is 3.58. The van der Waals surface area contributed by atoms with E-state index in [2.05, 4.69) is 20.8 Å². The van der Waals surface area contributed by atoms with Gasteiger partial charge in [0.05, 0.1) is 5.60 Å². The monoisotopic (exact) mass is 316 g/mol. The minimum Gasteiger partial charge on any atom is -0.378 e. The van der Waals surface area contributed by atoms with Gasteiger partial charge in [-0.3, -0.25) is 4.79 Å². The number of Topliss-reactive ketones (excluding diaryl/α,β-unsaturated/α-hetero) is 1. The zero-order valence-electron chi connectivity index (χ0n) is 15.3. The van der Waals surface area contributed by atoms with Crippen LogP contribution in [-0.2, 0) is 9.53 Å². The normalized spacial score (nSPS) is 49.7. The average molecular weight is 316 g/mol. The van der Waals surface area contributed by atoms with Crippen molar-refractivity contribution in [2.75, 3.05) is 7.11 Å². The highest BCUT2D eigenvalue weighted by atomic mass is 16.5. The van der Waals surface area contributed by atoms with Crippen molar-refractivity contribution in [1.82, 2.24) is 0 Å². The van der Waals surface area contributed by atoms with Gasteiger partial charge in [0.15, 0.2) is 0 Å². The second kappa shape index (κ2) is 5.18. The quantitative estimate of drug-likeness (QED) is 0.642. The molecule has 0 aliphatic heterocycles. The second-order valence-corrected chi connectivity index (χ2v) is 9.25. The average Bonchev–Trinajstić information content (AvgIpc) is 2.79. The van der Waals surface area contributed by atoms with Gasteiger partial charge in [0, 0.05) is 20.0 Å². The smallest absolute Gasteiger partial charge is 0.137 e. The van der Waals surface area contributed by atoms with E-state index >= 15 is 0 Å². The number of hydrogen-bond donors (Lipinski definition) is 0. The van der Waals surface area contributed by atoms with Gasteiger partial charge in [-0.1, -0.05) is 25.0 Å². The highest BCUT2D eigenvalue weighted by Gasteiger charge is 2.61. The Kier molecular flexibility index (Phi) is 3.58. The van der Waals surface area contributed by atoms with Crippen LogP contribution in [0.15, 0.2) is 11.1 Å². The van der Waals surface area contributed by atoms with E-state index < -0.39 is 0 Å². The molecule has 0 aromatic carbocycles. The number of methoxy groups -OCH3 is 1. The zero-order chi connectivity index (χ0) is 16.4. The largest absolute Gasteiger partial charge is 0.378 e. The van der Waals surface area contributed by atoms with Gasteiger partial charge in [0.2, 0.25) is 0 Å². The molecule has 0 unspecified atom stereocenters. The van der Waals surface area contributed by atoms with E-state index in [1.165, 1.54) is 37.7 Å². The molecule has 128 valence electrons. The molecule has 0 aromatic heterocycles. The molecule has 2 heteroatoms. The molecular formula is C21H32O2. The summed E-state index contributed by atoms with van der Waals surface area (Å²) < 4.78 is 6.05. The van der Waals surface area contributed by atoms with Crippen molar-refractivity contribution < 1.29 is 9.53 Å². The van der Waals surface area contributed by atoms with Crippen molar-refractivity contribution in [2.45, 2.75) is 77.7 Å². The molecule has 6 atom stereocenters. The van der Waals surface area contributed by atoms with Crippen molar-refractivity contribution in [3.8, 4) is 0 Å². The van der Waals surface area contributed by atoms with Crippen molar-refractivity contribution >= 4 is 5.78 Å². The number of allylic oxidation sites excluding steroid dienone is 2. The number of fused-ring (bicyclic) bond motifs is 4. The predicted octanol–water partition coefficient (Wildman–Crippen LogP) is 4.92. The topological polar surface area (TPSA) is 26.3 Å². The Balaban J connectivity index is 1.70. The first-order chi connectivity index (χ1) is 10.9. The van der Waals surface area contributed by atoms with E-state index in [1.54, 1.807) is 5.57 Å². The van der Waals surface area contributed by atoms with E-state index in [9.17, 15) is 4.79 Å². The van der Waals surface area contributed by atoms with Crippen LogP contribution in [0.25, 0.3) is 0 Å². The van der Waals surface area contributed by atoms with Crippen molar-refractivity contribution in [3.63, 3.8) is 0 Å². The lowest BCUT2D eigenvalue weighted by Crippen LogP contribution is -2.52. The predicted molar refractivity (Wildman–Crippen MR) is 92.1 cm³/mol. The van der Waals surface area contributed by atoms with Crippen LogP contribution in [-0.4, -0.2) is 18.5 Å². The van der Waals surface area contributed by atoms with Crippen molar-refractivity contribution in [2.24, 2.45) is 29.1 Å². The van der Waals surface area contributed by atoms with Gasteiger partial charge in [-0.15, -0.1) is 0 Å². The Morgan fingerprint density at radius 3 is 2.65 bits per heavy atom. The SMILES string of the molecule is CO[C@@]1(C)CC[C@H]2[C@@H]3[C@H](C)CC4=C(CCC(=O)C4)[C@H]3CC[C@@]21C. The maximum absolute atomic E-state index is 11.9. The number of rotatable bonds is 1. The molecule has 0 spiro atoms. The summed E-state index contributed by atoms with van der Waals surface area (Å²) in [4.78, 5) is 11.9. The third kappa shape index (κ3) is 2.06. The summed E-state index contributed by atoms with van der Waals surface area (Å²) in [6.45, 7) is 7.31. The Morgan fingerprint density at radius 1 is 1.13 bits per heavy atom. The van der Waals surface area contributed by atoms with E-state index in [0.29, 0.717) is 11.2 Å². The summed E-state index contributed by atoms with van der Waals surface area (Å²) in [5.41, 5.74) is 3.63. The fraction of sp³-hybridized carbons (Fsp3) is 0.857. The highest BCUT2D eigenvalue weighted by Crippen LogP contribution is 2.65. The third-order valence-electron chi connectivity index (χ3n) is 8.52. The molecule has 0 N–H and O–H groups in total. The summed E-state index contributed by atoms with van der Waals surface area (Å²) in [5, 5.41) is 0. The summed E-state index contributed by atoms with van der Waals surface area (Å²) >= 11 is 0. The molecule has 2 saturated carbocycles. The lowest BCUT2D eigenvalue weighted by molar-refractivity contribution is -0.125. The number of carbonyl (C=O) groups is 1. The summed E-state index contributed by atoms with van der Waals surface area (Å²) in [7, 11) is 1.91. The van der Waals surface area contributed by atoms with E-state index in [-0.39, 0.29) is 5.60 Å². The molecule has 4 rings (SSSR count). The first-order valence-electron chi connectivity index (χ1n) is 9.67. The van der Waals surface area contributed by atoms with Crippen LogP contribution < -0.4 is 0 Å². The standard InChI is InChI=1S/C21H32O2/c1-13-11-14-12-15(22)5-6-16(14)17-7-9-20(2)18(19(13)17)8-10-21(20,3)23-4/h13,17-19H,5-12H2,1-4H3/t13-,17-,18+,19-,20+,21+/m1/s1. The van der Waals surface area contributed by atoms with Gasteiger partial charge in [0.1, 0.15) is 5.78 Å². The van der Waals surface area contributed by atoms with Gasteiger partial charge in [-0.05, 0) is 74.5 Å². The molecule has 0 saturated heterocycles. The van der Waals surface area contributed by atoms with Crippen molar-refractivity contribution in [1.29, 1.82) is 0 Å². The van der Waals surface area contributed by atoms with Crippen LogP contribution in [0.5, 0.6) is 0 Å². The maximum Gasteiger partial charge on any atom is 0.137 e. The molecule has 23 heavy (non-hydrogen) atoms. The van der Waals surface area contributed by atoms with Gasteiger partial charge in [-0.25, -0.2) is 0 Å². The summed E-state index contributed by atoms with van der Waals surface area (Å²) in [6, 6.07) is 0. The number of carbonyl (C=O) groups excluding carboxylic acids is 1. The highest BCUT2D eigenvalue weighted by molar-refractivity contribution is 5.82. The van der Waals surface area contributed by atoms with Crippen molar-refractivity contribution in [3.05, 3.63) is 11.1 Å². The molecule has 0 bridgehead atoms. The van der Waals surface area contributed by atoms with Crippen LogP contribution in [0.3, 0.4) is 0 Å². The minimum absolute atomic E-state index is 0.0551. The molecule has 2 fully saturated rings. The van der Waals surface area contributed by atoms with E-state index in [4.69, 9.17) is 4.74 Å². The number of ether oxygens (including phenoxy) is 1. The Bertz CT molecular complexity index is 562. The molecular weight excluding hydrogens is 284 g/mol. The number of hydrogen-bond acceptors (Lipinski definition) is 2. The van der Waals surface area contributed by atoms with E-state index in [0.717, 1.165) is 42.9 Å². The molecule has 0 aromatic rings.